The summed E-state index contributed by atoms with van der Waals surface area (Å²) < 4.78 is 21.2. The van der Waals surface area contributed by atoms with Crippen molar-refractivity contribution in [1.82, 2.24) is 10.6 Å². The quantitative estimate of drug-likeness (QED) is 0.0879. The topological polar surface area (TPSA) is 193 Å². The predicted molar refractivity (Wildman–Crippen MR) is 172 cm³/mol. The zero-order valence-electron chi connectivity index (χ0n) is 27.9. The lowest BCUT2D eigenvalue weighted by Crippen LogP contribution is -2.48. The monoisotopic (exact) mass is 662 g/mol. The highest BCUT2D eigenvalue weighted by atomic mass is 16.6. The number of hydrogen-bond donors (Lipinski definition) is 6. The summed E-state index contributed by atoms with van der Waals surface area (Å²) in [5.41, 5.74) is -0.0218. The fourth-order valence-electron chi connectivity index (χ4n) is 4.26. The molecule has 0 fully saturated rings. The number of carbonyl (C=O) groups excluding carboxylic acids is 3. The summed E-state index contributed by atoms with van der Waals surface area (Å²) in [6.45, 7) is 9.21. The molecule has 13 nitrogen and oxygen atoms in total. The molecule has 1 unspecified atom stereocenters. The van der Waals surface area contributed by atoms with E-state index in [-0.39, 0.29) is 25.9 Å². The summed E-state index contributed by atoms with van der Waals surface area (Å²) in [6.07, 6.45) is -7.96. The van der Waals surface area contributed by atoms with Crippen LogP contribution in [0.3, 0.4) is 0 Å². The van der Waals surface area contributed by atoms with Gasteiger partial charge in [-0.2, -0.15) is 0 Å². The third kappa shape index (κ3) is 16.1. The van der Waals surface area contributed by atoms with Crippen molar-refractivity contribution in [3.05, 3.63) is 71.8 Å². The number of rotatable bonds is 16. The molecule has 0 heterocycles. The van der Waals surface area contributed by atoms with Crippen molar-refractivity contribution in [2.45, 2.75) is 109 Å². The van der Waals surface area contributed by atoms with Gasteiger partial charge in [-0.25, -0.2) is 14.4 Å². The lowest BCUT2D eigenvalue weighted by Gasteiger charge is -2.28. The van der Waals surface area contributed by atoms with Crippen LogP contribution in [0.2, 0.25) is 0 Å². The second kappa shape index (κ2) is 18.6. The number of ether oxygens (including phenoxy) is 4. The number of hydrogen-bond acceptors (Lipinski definition) is 11. The van der Waals surface area contributed by atoms with Gasteiger partial charge in [0.25, 0.3) is 0 Å². The average molecular weight is 663 g/mol. The molecule has 2 aromatic carbocycles. The molecule has 0 saturated carbocycles. The molecule has 2 aromatic rings. The lowest BCUT2D eigenvalue weighted by atomic mass is 10.0. The Morgan fingerprint density at radius 2 is 1.19 bits per heavy atom. The van der Waals surface area contributed by atoms with Gasteiger partial charge in [0.2, 0.25) is 0 Å². The Bertz CT molecular complexity index is 1230. The van der Waals surface area contributed by atoms with Gasteiger partial charge in [0.15, 0.2) is 6.29 Å². The normalized spacial score (nSPS) is 15.7. The van der Waals surface area contributed by atoms with Crippen molar-refractivity contribution in [2.24, 2.45) is 0 Å². The van der Waals surface area contributed by atoms with Crippen molar-refractivity contribution in [1.29, 1.82) is 0 Å². The van der Waals surface area contributed by atoms with E-state index in [1.54, 1.807) is 71.9 Å². The van der Waals surface area contributed by atoms with Crippen LogP contribution in [0, 0.1) is 0 Å². The number of esters is 1. The number of carbonyl (C=O) groups is 3. The molecule has 47 heavy (non-hydrogen) atoms. The summed E-state index contributed by atoms with van der Waals surface area (Å²) >= 11 is 0. The van der Waals surface area contributed by atoms with Gasteiger partial charge in [0.05, 0.1) is 18.8 Å². The third-order valence-electron chi connectivity index (χ3n) is 6.49. The zero-order chi connectivity index (χ0) is 35.2. The molecule has 0 aliphatic carbocycles. The largest absolute Gasteiger partial charge is 0.461 e. The molecule has 0 spiro atoms. The summed E-state index contributed by atoms with van der Waals surface area (Å²) in [5.74, 6) is -0.881. The maximum absolute atomic E-state index is 12.9. The molecular formula is C34H50N2O11. The summed E-state index contributed by atoms with van der Waals surface area (Å²) in [7, 11) is 0. The van der Waals surface area contributed by atoms with Gasteiger partial charge in [0.1, 0.15) is 36.1 Å². The summed E-state index contributed by atoms with van der Waals surface area (Å²) in [6, 6.07) is 15.9. The average Bonchev–Trinajstić information content (AvgIpc) is 2.97. The van der Waals surface area contributed by atoms with E-state index < -0.39 is 72.7 Å². The van der Waals surface area contributed by atoms with E-state index in [9.17, 15) is 34.8 Å². The molecule has 0 aliphatic rings. The molecule has 0 radical (unpaired) electrons. The number of nitrogens with one attached hydrogen (secondary N) is 2. The van der Waals surface area contributed by atoms with Gasteiger partial charge >= 0.3 is 18.2 Å². The highest BCUT2D eigenvalue weighted by molar-refractivity contribution is 5.81. The minimum absolute atomic E-state index is 0.0773. The van der Waals surface area contributed by atoms with Gasteiger partial charge in [-0.3, -0.25) is 0 Å². The van der Waals surface area contributed by atoms with E-state index >= 15 is 0 Å². The Kier molecular flexibility index (Phi) is 15.6. The van der Waals surface area contributed by atoms with Gasteiger partial charge in [0, 0.05) is 6.42 Å². The molecule has 0 saturated heterocycles. The van der Waals surface area contributed by atoms with Crippen LogP contribution < -0.4 is 10.6 Å². The van der Waals surface area contributed by atoms with E-state index in [1.807, 2.05) is 30.3 Å². The first-order chi connectivity index (χ1) is 21.9. The van der Waals surface area contributed by atoms with Crippen LogP contribution in [0.4, 0.5) is 9.59 Å². The van der Waals surface area contributed by atoms with Gasteiger partial charge in [-0.15, -0.1) is 0 Å². The first kappa shape index (κ1) is 39.4. The van der Waals surface area contributed by atoms with Gasteiger partial charge < -0.3 is 50.0 Å². The van der Waals surface area contributed by atoms with Crippen LogP contribution in [-0.4, -0.2) is 99.7 Å². The highest BCUT2D eigenvalue weighted by Crippen LogP contribution is 2.14. The van der Waals surface area contributed by atoms with Gasteiger partial charge in [-0.1, -0.05) is 60.7 Å². The fourth-order valence-corrected chi connectivity index (χ4v) is 4.26. The Labute approximate surface area is 276 Å². The van der Waals surface area contributed by atoms with Crippen molar-refractivity contribution in [2.75, 3.05) is 13.2 Å². The van der Waals surface area contributed by atoms with Crippen LogP contribution >= 0.6 is 0 Å². The minimum atomic E-state index is -1.74. The van der Waals surface area contributed by atoms with E-state index in [4.69, 9.17) is 18.9 Å². The maximum atomic E-state index is 12.9. The Morgan fingerprint density at radius 3 is 1.70 bits per heavy atom. The SMILES string of the molecule is CC(C)(C)OC(=O)N[C@@H](Cc1ccccc1)C(=O)OC[C@@H](O)[C@@H](O)[C@H](O)CCOC(O)[C@H](Cc1ccccc1)NC(=O)OC(C)(C)C. The molecule has 13 heteroatoms. The van der Waals surface area contributed by atoms with E-state index in [1.165, 1.54) is 0 Å². The number of alkyl carbamates (subject to hydrolysis) is 2. The molecule has 0 bridgehead atoms. The summed E-state index contributed by atoms with van der Waals surface area (Å²) in [4.78, 5) is 37.7. The predicted octanol–water partition coefficient (Wildman–Crippen LogP) is 2.61. The molecule has 6 N–H and O–H groups in total. The molecule has 2 amide bonds. The molecular weight excluding hydrogens is 612 g/mol. The van der Waals surface area contributed by atoms with Crippen molar-refractivity contribution in [3.63, 3.8) is 0 Å². The Hall–Kier alpha value is -3.75. The van der Waals surface area contributed by atoms with Crippen LogP contribution in [0.15, 0.2) is 60.7 Å². The van der Waals surface area contributed by atoms with Crippen molar-refractivity contribution in [3.8, 4) is 0 Å². The van der Waals surface area contributed by atoms with Gasteiger partial charge in [-0.05, 0) is 65.5 Å². The summed E-state index contributed by atoms with van der Waals surface area (Å²) in [5, 5.41) is 47.2. The van der Waals surface area contributed by atoms with E-state index in [0.717, 1.165) is 11.1 Å². The number of aliphatic hydroxyl groups is 4. The number of aliphatic hydroxyl groups excluding tert-OH is 4. The third-order valence-corrected chi connectivity index (χ3v) is 6.49. The van der Waals surface area contributed by atoms with Crippen molar-refractivity contribution >= 4 is 18.2 Å². The van der Waals surface area contributed by atoms with E-state index in [0.29, 0.717) is 0 Å². The second-order valence-corrected chi connectivity index (χ2v) is 13.1. The maximum Gasteiger partial charge on any atom is 0.408 e. The highest BCUT2D eigenvalue weighted by Gasteiger charge is 2.31. The molecule has 6 atom stereocenters. The number of benzene rings is 2. The first-order valence-electron chi connectivity index (χ1n) is 15.5. The first-order valence-corrected chi connectivity index (χ1v) is 15.5. The number of amides is 2. The molecule has 0 aliphatic heterocycles. The minimum Gasteiger partial charge on any atom is -0.461 e. The van der Waals surface area contributed by atoms with Crippen LogP contribution in [-0.2, 0) is 36.6 Å². The van der Waals surface area contributed by atoms with Crippen molar-refractivity contribution < 1.29 is 53.8 Å². The molecule has 0 aromatic heterocycles. The second-order valence-electron chi connectivity index (χ2n) is 13.1. The zero-order valence-corrected chi connectivity index (χ0v) is 27.9. The Balaban J connectivity index is 1.92. The van der Waals surface area contributed by atoms with Crippen LogP contribution in [0.5, 0.6) is 0 Å². The lowest BCUT2D eigenvalue weighted by molar-refractivity contribution is -0.156. The molecule has 262 valence electrons. The fraction of sp³-hybridized carbons (Fsp3) is 0.559. The van der Waals surface area contributed by atoms with E-state index in [2.05, 4.69) is 10.6 Å². The standard InChI is InChI=1S/C34H50N2O11/c1-33(2,3)46-31(42)35-24(19-22-13-9-7-10-14-22)29(40)44-18-17-26(37)28(39)27(38)21-45-30(41)25(20-23-15-11-8-12-16-23)36-32(43)47-34(4,5)6/h7-16,24-29,37-40H,17-21H2,1-6H3,(H,35,42)(H,36,43)/t24-,25-,26+,27+,28-,29?/m0/s1. The molecule has 2 rings (SSSR count). The van der Waals surface area contributed by atoms with Crippen LogP contribution in [0.1, 0.15) is 59.1 Å². The smallest absolute Gasteiger partial charge is 0.408 e. The Morgan fingerprint density at radius 1 is 0.702 bits per heavy atom. The van der Waals surface area contributed by atoms with Crippen LogP contribution in [0.25, 0.3) is 0 Å².